The molecule has 1 aromatic carbocycles. The highest BCUT2D eigenvalue weighted by Gasteiger charge is 2.56. The van der Waals surface area contributed by atoms with E-state index in [1.54, 1.807) is 12.1 Å². The number of hydrogen-bond donors (Lipinski definition) is 2. The summed E-state index contributed by atoms with van der Waals surface area (Å²) < 4.78 is 18.3. The van der Waals surface area contributed by atoms with Gasteiger partial charge >= 0.3 is 0 Å². The Morgan fingerprint density at radius 3 is 2.48 bits per heavy atom. The second-order valence-electron chi connectivity index (χ2n) is 6.24. The molecule has 0 radical (unpaired) electrons. The molecular formula is C17H21FN2O3. The average molecular weight is 320 g/mol. The topological polar surface area (TPSA) is 67.4 Å². The fourth-order valence-electron chi connectivity index (χ4n) is 2.82. The third-order valence-corrected chi connectivity index (χ3v) is 4.50. The molecule has 2 aliphatic rings. The Morgan fingerprint density at radius 1 is 1.17 bits per heavy atom. The Hall–Kier alpha value is -1.95. The van der Waals surface area contributed by atoms with E-state index in [0.29, 0.717) is 25.9 Å². The summed E-state index contributed by atoms with van der Waals surface area (Å²) in [6.45, 7) is 1.50. The summed E-state index contributed by atoms with van der Waals surface area (Å²) in [6, 6.07) is 5.94. The Bertz CT molecular complexity index is 578. The number of amides is 2. The van der Waals surface area contributed by atoms with Crippen LogP contribution < -0.4 is 10.6 Å². The lowest BCUT2D eigenvalue weighted by Crippen LogP contribution is -2.44. The summed E-state index contributed by atoms with van der Waals surface area (Å²) in [7, 11) is 0. The molecular weight excluding hydrogens is 299 g/mol. The molecule has 2 fully saturated rings. The van der Waals surface area contributed by atoms with E-state index >= 15 is 0 Å². The zero-order valence-corrected chi connectivity index (χ0v) is 12.9. The predicted octanol–water partition coefficient (Wildman–Crippen LogP) is 1.52. The first-order valence-electron chi connectivity index (χ1n) is 8.03. The first-order valence-corrected chi connectivity index (χ1v) is 8.03. The lowest BCUT2D eigenvalue weighted by molar-refractivity contribution is -0.137. The SMILES string of the molecule is O=C(NCc1ccc(F)cc1)C1(C(=O)NCC2CCCO2)CC1. The molecule has 3 rings (SSSR count). The summed E-state index contributed by atoms with van der Waals surface area (Å²) in [5.41, 5.74) is -0.131. The van der Waals surface area contributed by atoms with Crippen LogP contribution in [0.1, 0.15) is 31.2 Å². The summed E-state index contributed by atoms with van der Waals surface area (Å²) in [4.78, 5) is 24.6. The predicted molar refractivity (Wildman–Crippen MR) is 81.9 cm³/mol. The molecule has 1 saturated heterocycles. The molecule has 0 aromatic heterocycles. The van der Waals surface area contributed by atoms with Crippen LogP contribution in [0, 0.1) is 11.2 Å². The number of carbonyl (C=O) groups excluding carboxylic acids is 2. The quantitative estimate of drug-likeness (QED) is 0.781. The van der Waals surface area contributed by atoms with Gasteiger partial charge in [0.1, 0.15) is 11.2 Å². The maximum Gasteiger partial charge on any atom is 0.235 e. The second-order valence-corrected chi connectivity index (χ2v) is 6.24. The van der Waals surface area contributed by atoms with Crippen LogP contribution in [-0.4, -0.2) is 31.1 Å². The van der Waals surface area contributed by atoms with E-state index in [4.69, 9.17) is 4.74 Å². The molecule has 1 saturated carbocycles. The summed E-state index contributed by atoms with van der Waals surface area (Å²) in [5, 5.41) is 5.62. The van der Waals surface area contributed by atoms with Gasteiger partial charge in [-0.25, -0.2) is 4.39 Å². The molecule has 124 valence electrons. The number of benzene rings is 1. The average Bonchev–Trinajstić information content (AvgIpc) is 3.21. The highest BCUT2D eigenvalue weighted by Crippen LogP contribution is 2.46. The van der Waals surface area contributed by atoms with Crippen molar-refractivity contribution in [2.24, 2.45) is 5.41 Å². The standard InChI is InChI=1S/C17H21FN2O3/c18-13-5-3-12(4-6-13)10-19-15(21)17(7-8-17)16(22)20-11-14-2-1-9-23-14/h3-6,14H,1-2,7-11H2,(H,19,21)(H,20,22). The van der Waals surface area contributed by atoms with Crippen LogP contribution in [0.25, 0.3) is 0 Å². The van der Waals surface area contributed by atoms with E-state index in [-0.39, 0.29) is 23.7 Å². The van der Waals surface area contributed by atoms with Gasteiger partial charge in [-0.05, 0) is 43.4 Å². The van der Waals surface area contributed by atoms with Crippen LogP contribution in [0.5, 0.6) is 0 Å². The summed E-state index contributed by atoms with van der Waals surface area (Å²) >= 11 is 0. The van der Waals surface area contributed by atoms with Gasteiger partial charge in [0.15, 0.2) is 0 Å². The normalized spacial score (nSPS) is 21.7. The van der Waals surface area contributed by atoms with Crippen LogP contribution in [-0.2, 0) is 20.9 Å². The van der Waals surface area contributed by atoms with Crippen LogP contribution in [0.2, 0.25) is 0 Å². The molecule has 1 aromatic rings. The van der Waals surface area contributed by atoms with Gasteiger partial charge in [0.2, 0.25) is 11.8 Å². The number of ether oxygens (including phenoxy) is 1. The van der Waals surface area contributed by atoms with E-state index in [0.717, 1.165) is 25.0 Å². The van der Waals surface area contributed by atoms with Gasteiger partial charge in [0.25, 0.3) is 0 Å². The maximum atomic E-state index is 12.9. The van der Waals surface area contributed by atoms with Gasteiger partial charge in [-0.2, -0.15) is 0 Å². The number of carbonyl (C=O) groups is 2. The molecule has 1 unspecified atom stereocenters. The van der Waals surface area contributed by atoms with E-state index in [1.165, 1.54) is 12.1 Å². The minimum atomic E-state index is -0.932. The monoisotopic (exact) mass is 320 g/mol. The number of rotatable bonds is 6. The highest BCUT2D eigenvalue weighted by atomic mass is 19.1. The lowest BCUT2D eigenvalue weighted by Gasteiger charge is -2.17. The number of hydrogen-bond acceptors (Lipinski definition) is 3. The first kappa shape index (κ1) is 15.9. The van der Waals surface area contributed by atoms with Crippen LogP contribution in [0.15, 0.2) is 24.3 Å². The molecule has 23 heavy (non-hydrogen) atoms. The molecule has 2 amide bonds. The fraction of sp³-hybridized carbons (Fsp3) is 0.529. The van der Waals surface area contributed by atoms with E-state index < -0.39 is 5.41 Å². The van der Waals surface area contributed by atoms with Crippen molar-refractivity contribution in [1.82, 2.24) is 10.6 Å². The van der Waals surface area contributed by atoms with Crippen molar-refractivity contribution >= 4 is 11.8 Å². The molecule has 1 aliphatic heterocycles. The van der Waals surface area contributed by atoms with E-state index in [9.17, 15) is 14.0 Å². The van der Waals surface area contributed by atoms with Crippen molar-refractivity contribution in [1.29, 1.82) is 0 Å². The molecule has 5 nitrogen and oxygen atoms in total. The van der Waals surface area contributed by atoms with Gasteiger partial charge in [-0.15, -0.1) is 0 Å². The fourth-order valence-corrected chi connectivity index (χ4v) is 2.82. The van der Waals surface area contributed by atoms with Crippen molar-refractivity contribution in [3.63, 3.8) is 0 Å². The zero-order valence-electron chi connectivity index (χ0n) is 12.9. The van der Waals surface area contributed by atoms with E-state index in [2.05, 4.69) is 10.6 Å². The summed E-state index contributed by atoms with van der Waals surface area (Å²) in [6.07, 6.45) is 3.17. The van der Waals surface area contributed by atoms with Crippen molar-refractivity contribution in [3.05, 3.63) is 35.6 Å². The Balaban J connectivity index is 1.49. The third-order valence-electron chi connectivity index (χ3n) is 4.50. The molecule has 1 heterocycles. The minimum Gasteiger partial charge on any atom is -0.376 e. The van der Waals surface area contributed by atoms with Crippen LogP contribution in [0.3, 0.4) is 0 Å². The smallest absolute Gasteiger partial charge is 0.235 e. The third kappa shape index (κ3) is 3.69. The van der Waals surface area contributed by atoms with E-state index in [1.807, 2.05) is 0 Å². The maximum absolute atomic E-state index is 12.9. The van der Waals surface area contributed by atoms with Gasteiger partial charge in [0, 0.05) is 19.7 Å². The van der Waals surface area contributed by atoms with Crippen molar-refractivity contribution < 1.29 is 18.7 Å². The Labute approximate surface area is 134 Å². The zero-order chi connectivity index (χ0) is 16.3. The van der Waals surface area contributed by atoms with Crippen molar-refractivity contribution in [2.75, 3.05) is 13.2 Å². The number of halogens is 1. The molecule has 1 aliphatic carbocycles. The molecule has 2 N–H and O–H groups in total. The Kier molecular flexibility index (Phi) is 4.61. The van der Waals surface area contributed by atoms with Gasteiger partial charge in [-0.3, -0.25) is 9.59 Å². The van der Waals surface area contributed by atoms with Gasteiger partial charge < -0.3 is 15.4 Å². The second kappa shape index (κ2) is 6.66. The van der Waals surface area contributed by atoms with Crippen LogP contribution >= 0.6 is 0 Å². The number of nitrogens with one attached hydrogen (secondary N) is 2. The van der Waals surface area contributed by atoms with Gasteiger partial charge in [0.05, 0.1) is 6.10 Å². The minimum absolute atomic E-state index is 0.0667. The highest BCUT2D eigenvalue weighted by molar-refractivity contribution is 6.07. The molecule has 0 bridgehead atoms. The van der Waals surface area contributed by atoms with Gasteiger partial charge in [-0.1, -0.05) is 12.1 Å². The molecule has 0 spiro atoms. The molecule has 1 atom stereocenters. The summed E-state index contributed by atoms with van der Waals surface area (Å²) in [5.74, 6) is -0.788. The lowest BCUT2D eigenvalue weighted by atomic mass is 10.0. The molecule has 6 heteroatoms. The first-order chi connectivity index (χ1) is 11.1. The van der Waals surface area contributed by atoms with Crippen molar-refractivity contribution in [3.8, 4) is 0 Å². The van der Waals surface area contributed by atoms with Crippen molar-refractivity contribution in [2.45, 2.75) is 38.3 Å². The van der Waals surface area contributed by atoms with Crippen LogP contribution in [0.4, 0.5) is 4.39 Å². The largest absolute Gasteiger partial charge is 0.376 e. The Morgan fingerprint density at radius 2 is 1.87 bits per heavy atom.